The Balaban J connectivity index is 1.26. The lowest BCUT2D eigenvalue weighted by Gasteiger charge is -2.32. The van der Waals surface area contributed by atoms with E-state index in [0.29, 0.717) is 22.8 Å². The molecule has 9 nitrogen and oxygen atoms in total. The molecule has 1 fully saturated rings. The van der Waals surface area contributed by atoms with Gasteiger partial charge in [0.1, 0.15) is 12.4 Å². The Hall–Kier alpha value is -3.34. The number of para-hydroxylation sites is 1. The maximum atomic E-state index is 12.7. The number of hydrogen-bond acceptors (Lipinski definition) is 8. The second-order valence-corrected chi connectivity index (χ2v) is 9.55. The summed E-state index contributed by atoms with van der Waals surface area (Å²) in [6, 6.07) is 14.6. The van der Waals surface area contributed by atoms with Crippen molar-refractivity contribution in [3.63, 3.8) is 0 Å². The van der Waals surface area contributed by atoms with Gasteiger partial charge in [-0.15, -0.1) is 10.2 Å². The Morgan fingerprint density at radius 1 is 1.03 bits per heavy atom. The van der Waals surface area contributed by atoms with E-state index in [2.05, 4.69) is 37.7 Å². The summed E-state index contributed by atoms with van der Waals surface area (Å²) in [4.78, 5) is 29.9. The summed E-state index contributed by atoms with van der Waals surface area (Å²) >= 11 is 1.17. The lowest BCUT2D eigenvalue weighted by Crippen LogP contribution is -2.46. The molecule has 0 unspecified atom stereocenters. The van der Waals surface area contributed by atoms with Crippen molar-refractivity contribution in [1.29, 1.82) is 0 Å². The zero-order valence-corrected chi connectivity index (χ0v) is 20.8. The number of carbonyl (C=O) groups excluding carboxylic acids is 2. The molecule has 1 aliphatic heterocycles. The topological polar surface area (TPSA) is 99.7 Å². The first-order chi connectivity index (χ1) is 17.0. The van der Waals surface area contributed by atoms with Crippen molar-refractivity contribution in [3.8, 4) is 5.75 Å². The van der Waals surface area contributed by atoms with E-state index in [1.165, 1.54) is 11.3 Å². The summed E-state index contributed by atoms with van der Waals surface area (Å²) < 4.78 is 5.78. The zero-order chi connectivity index (χ0) is 24.6. The molecule has 0 saturated carbocycles. The van der Waals surface area contributed by atoms with E-state index < -0.39 is 0 Å². The highest BCUT2D eigenvalue weighted by atomic mass is 32.1. The van der Waals surface area contributed by atoms with Crippen LogP contribution in [0.4, 0.5) is 5.69 Å². The van der Waals surface area contributed by atoms with Crippen LogP contribution >= 0.6 is 11.3 Å². The van der Waals surface area contributed by atoms with Gasteiger partial charge in [0.25, 0.3) is 11.8 Å². The van der Waals surface area contributed by atoms with Gasteiger partial charge in [-0.25, -0.2) is 0 Å². The molecule has 0 spiro atoms. The van der Waals surface area contributed by atoms with E-state index in [-0.39, 0.29) is 23.4 Å². The molecule has 0 bridgehead atoms. The predicted octanol–water partition coefficient (Wildman–Crippen LogP) is 2.66. The van der Waals surface area contributed by atoms with Crippen LogP contribution in [0.1, 0.15) is 30.7 Å². The lowest BCUT2D eigenvalue weighted by molar-refractivity contribution is 0.0940. The fourth-order valence-corrected chi connectivity index (χ4v) is 4.33. The van der Waals surface area contributed by atoms with E-state index in [1.807, 2.05) is 31.2 Å². The van der Waals surface area contributed by atoms with Crippen LogP contribution in [0.15, 0.2) is 48.5 Å². The molecular weight excluding hydrogens is 464 g/mol. The number of nitrogens with zero attached hydrogens (tertiary/aromatic N) is 4. The molecule has 10 heteroatoms. The number of hydrogen-bond donors (Lipinski definition) is 2. The molecule has 35 heavy (non-hydrogen) atoms. The van der Waals surface area contributed by atoms with Gasteiger partial charge in [-0.2, -0.15) is 0 Å². The molecule has 0 atom stereocenters. The SMILES string of the molecule is Cc1ccccc1OCc1nnc(C(=O)Nc2cccc(C(=O)NCCN3CCN(C)CC3)c2)s1. The molecular formula is C25H30N6O3S. The summed E-state index contributed by atoms with van der Waals surface area (Å²) in [7, 11) is 2.12. The number of nitrogens with one attached hydrogen (secondary N) is 2. The van der Waals surface area contributed by atoms with Gasteiger partial charge < -0.3 is 20.3 Å². The molecule has 4 rings (SSSR count). The standard InChI is InChI=1S/C25H30N6O3S/c1-18-6-3-4-9-21(18)34-17-22-28-29-25(35-22)24(33)27-20-8-5-7-19(16-20)23(32)26-10-11-31-14-12-30(2)13-15-31/h3-9,16H,10-15,17H2,1-2H3,(H,26,32)(H,27,33). The zero-order valence-electron chi connectivity index (χ0n) is 20.0. The van der Waals surface area contributed by atoms with E-state index in [0.717, 1.165) is 44.0 Å². The Morgan fingerprint density at radius 3 is 2.63 bits per heavy atom. The van der Waals surface area contributed by atoms with Gasteiger partial charge >= 0.3 is 0 Å². The second-order valence-electron chi connectivity index (χ2n) is 8.49. The average molecular weight is 495 g/mol. The molecule has 1 aromatic heterocycles. The number of benzene rings is 2. The van der Waals surface area contributed by atoms with Crippen LogP contribution in [0, 0.1) is 6.92 Å². The van der Waals surface area contributed by atoms with Crippen molar-refractivity contribution in [2.24, 2.45) is 0 Å². The molecule has 0 radical (unpaired) electrons. The molecule has 1 aliphatic rings. The third-order valence-electron chi connectivity index (χ3n) is 5.80. The highest BCUT2D eigenvalue weighted by Crippen LogP contribution is 2.20. The first kappa shape index (κ1) is 24.8. The van der Waals surface area contributed by atoms with Gasteiger partial charge in [0.05, 0.1) is 0 Å². The number of piperazine rings is 1. The smallest absolute Gasteiger partial charge is 0.286 e. The largest absolute Gasteiger partial charge is 0.486 e. The predicted molar refractivity (Wildman–Crippen MR) is 136 cm³/mol. The summed E-state index contributed by atoms with van der Waals surface area (Å²) in [6.45, 7) is 7.73. The van der Waals surface area contributed by atoms with Crippen molar-refractivity contribution in [3.05, 3.63) is 69.7 Å². The first-order valence-corrected chi connectivity index (χ1v) is 12.4. The summed E-state index contributed by atoms with van der Waals surface area (Å²) in [5.41, 5.74) is 2.04. The molecule has 184 valence electrons. The molecule has 2 N–H and O–H groups in total. The van der Waals surface area contributed by atoms with Crippen LogP contribution in [0.5, 0.6) is 5.75 Å². The number of aryl methyl sites for hydroxylation is 1. The minimum absolute atomic E-state index is 0.165. The third-order valence-corrected chi connectivity index (χ3v) is 6.69. The highest BCUT2D eigenvalue weighted by molar-refractivity contribution is 7.13. The maximum absolute atomic E-state index is 12.7. The molecule has 2 heterocycles. The van der Waals surface area contributed by atoms with Gasteiger partial charge in [-0.05, 0) is 43.8 Å². The molecule has 2 amide bonds. The number of likely N-dealkylation sites (N-methyl/N-ethyl adjacent to an activating group) is 1. The number of ether oxygens (including phenoxy) is 1. The van der Waals surface area contributed by atoms with E-state index in [4.69, 9.17) is 4.74 Å². The van der Waals surface area contributed by atoms with Crippen molar-refractivity contribution >= 4 is 28.8 Å². The van der Waals surface area contributed by atoms with Crippen molar-refractivity contribution in [2.75, 3.05) is 51.6 Å². The van der Waals surface area contributed by atoms with E-state index in [9.17, 15) is 9.59 Å². The fraction of sp³-hybridized carbons (Fsp3) is 0.360. The minimum atomic E-state index is -0.378. The fourth-order valence-electron chi connectivity index (χ4n) is 3.69. The van der Waals surface area contributed by atoms with Gasteiger partial charge in [0.15, 0.2) is 5.01 Å². The third kappa shape index (κ3) is 7.08. The van der Waals surface area contributed by atoms with Gasteiger partial charge in [0, 0.05) is 50.5 Å². The van der Waals surface area contributed by atoms with Crippen LogP contribution in [0.2, 0.25) is 0 Å². The van der Waals surface area contributed by atoms with Crippen LogP contribution in [0.3, 0.4) is 0 Å². The van der Waals surface area contributed by atoms with Crippen LogP contribution in [0.25, 0.3) is 0 Å². The number of aromatic nitrogens is 2. The van der Waals surface area contributed by atoms with E-state index in [1.54, 1.807) is 24.3 Å². The summed E-state index contributed by atoms with van der Waals surface area (Å²) in [5.74, 6) is 0.228. The van der Waals surface area contributed by atoms with E-state index >= 15 is 0 Å². The summed E-state index contributed by atoms with van der Waals surface area (Å²) in [6.07, 6.45) is 0. The molecule has 2 aromatic carbocycles. The molecule has 3 aromatic rings. The molecule has 0 aliphatic carbocycles. The Labute approximate surface area is 209 Å². The quantitative estimate of drug-likeness (QED) is 0.472. The van der Waals surface area contributed by atoms with Crippen molar-refractivity contribution < 1.29 is 14.3 Å². The number of anilines is 1. The number of carbonyl (C=O) groups is 2. The number of amides is 2. The first-order valence-electron chi connectivity index (χ1n) is 11.6. The van der Waals surface area contributed by atoms with Gasteiger partial charge in [-0.1, -0.05) is 35.6 Å². The molecule has 1 saturated heterocycles. The monoisotopic (exact) mass is 494 g/mol. The van der Waals surface area contributed by atoms with Gasteiger partial charge in [-0.3, -0.25) is 14.5 Å². The normalized spacial score (nSPS) is 14.5. The average Bonchev–Trinajstić information content (AvgIpc) is 3.34. The summed E-state index contributed by atoms with van der Waals surface area (Å²) in [5, 5.41) is 14.6. The minimum Gasteiger partial charge on any atom is -0.486 e. The van der Waals surface area contributed by atoms with Crippen LogP contribution in [-0.4, -0.2) is 78.1 Å². The Morgan fingerprint density at radius 2 is 1.83 bits per heavy atom. The van der Waals surface area contributed by atoms with Crippen LogP contribution < -0.4 is 15.4 Å². The van der Waals surface area contributed by atoms with Crippen LogP contribution in [-0.2, 0) is 6.61 Å². The lowest BCUT2D eigenvalue weighted by atomic mass is 10.2. The Bertz CT molecular complexity index is 1160. The Kier molecular flexibility index (Phi) is 8.40. The highest BCUT2D eigenvalue weighted by Gasteiger charge is 2.16. The number of rotatable bonds is 9. The maximum Gasteiger partial charge on any atom is 0.286 e. The van der Waals surface area contributed by atoms with Crippen molar-refractivity contribution in [1.82, 2.24) is 25.3 Å². The van der Waals surface area contributed by atoms with Crippen molar-refractivity contribution in [2.45, 2.75) is 13.5 Å². The van der Waals surface area contributed by atoms with Gasteiger partial charge in [0.2, 0.25) is 5.01 Å². The second kappa shape index (κ2) is 11.9.